The Balaban J connectivity index is 0.00000110. The van der Waals surface area contributed by atoms with Gasteiger partial charge in [-0.15, -0.1) is 0 Å². The van der Waals surface area contributed by atoms with Crippen molar-refractivity contribution in [2.24, 2.45) is 47.3 Å². The zero-order chi connectivity index (χ0) is 26.2. The van der Waals surface area contributed by atoms with Gasteiger partial charge in [0, 0.05) is 0 Å². The third kappa shape index (κ3) is 5.91. The topological polar surface area (TPSA) is 100 Å². The molecule has 11 heteroatoms. The van der Waals surface area contributed by atoms with Crippen molar-refractivity contribution in [2.45, 2.75) is 152 Å². The molecule has 9 aliphatic rings. The van der Waals surface area contributed by atoms with Gasteiger partial charge in [-0.25, -0.2) is 0 Å². The molecule has 0 spiro atoms. The second-order valence-electron chi connectivity index (χ2n) is 15.4. The van der Waals surface area contributed by atoms with Crippen LogP contribution >= 0.6 is 0 Å². The van der Waals surface area contributed by atoms with Crippen LogP contribution in [-0.2, 0) is 0 Å². The van der Waals surface area contributed by atoms with Crippen molar-refractivity contribution in [3.8, 4) is 0 Å². The van der Waals surface area contributed by atoms with Gasteiger partial charge in [-0.2, -0.15) is 0 Å². The Bertz CT molecular complexity index is 728. The second-order valence-corrected chi connectivity index (χ2v) is 15.4. The van der Waals surface area contributed by atoms with Gasteiger partial charge in [0.2, 0.25) is 0 Å². The Morgan fingerprint density at radius 3 is 0.837 bits per heavy atom. The van der Waals surface area contributed by atoms with E-state index in [1.807, 2.05) is 0 Å². The van der Waals surface area contributed by atoms with Crippen LogP contribution in [0, 0.1) is 47.3 Å². The molecule has 0 aromatic rings. The third-order valence-electron chi connectivity index (χ3n) is 13.6. The molecule has 5 saturated heterocycles. The van der Waals surface area contributed by atoms with Crippen molar-refractivity contribution in [1.82, 2.24) is 31.9 Å². The zero-order valence-corrected chi connectivity index (χ0v) is 28.2. The molecule has 0 radical (unpaired) electrons. The molecule has 6 N–H and O–H groups in total. The maximum atomic E-state index is 5.60. The van der Waals surface area contributed by atoms with Crippen LogP contribution in [0.2, 0.25) is 0 Å². The molecule has 240 valence electrons. The van der Waals surface area contributed by atoms with E-state index < -0.39 is 0 Å². The van der Waals surface area contributed by atoms with Gasteiger partial charge < -0.3 is 51.4 Å². The van der Waals surface area contributed by atoms with E-state index in [1.54, 1.807) is 0 Å². The van der Waals surface area contributed by atoms with Gasteiger partial charge in [-0.05, 0) is 73.0 Å². The summed E-state index contributed by atoms with van der Waals surface area (Å²) in [5.74, 6) is 5.59. The standard InChI is InChI=1S/C32H54N8.2ClH.Si/c1-2-10-18-17(9-1)25-33-26(18)38-28-21-13-5-6-14-22(21)30(35-28)40-32-24-16-8-7-15-23(24)31(36-32)39-29-20-12-4-3-11-19(20)27(34-29)37-25;;;/h17-34,37-40H,1-16H2;2*1H;/q-2;;;+4/p-2. The molecule has 4 saturated carbocycles. The first-order valence-electron chi connectivity index (χ1n) is 17.8. The molecule has 16 unspecified atom stereocenters. The van der Waals surface area contributed by atoms with Crippen LogP contribution in [0.3, 0.4) is 0 Å². The molecule has 5 aliphatic heterocycles. The zero-order valence-electron chi connectivity index (χ0n) is 25.7. The first-order chi connectivity index (χ1) is 19.8. The van der Waals surface area contributed by atoms with Crippen LogP contribution in [0.4, 0.5) is 0 Å². The Morgan fingerprint density at radius 1 is 0.302 bits per heavy atom. The van der Waals surface area contributed by atoms with Crippen LogP contribution < -0.4 is 56.7 Å². The number of halogens is 2. The molecule has 9 rings (SSSR count). The van der Waals surface area contributed by atoms with Crippen molar-refractivity contribution in [2.75, 3.05) is 0 Å². The number of rotatable bonds is 0. The maximum Gasteiger partial charge on any atom is 4.00 e. The van der Waals surface area contributed by atoms with Crippen molar-refractivity contribution < 1.29 is 24.8 Å². The Kier molecular flexibility index (Phi) is 10.8. The fourth-order valence-electron chi connectivity index (χ4n) is 11.7. The number of fused-ring (bicyclic) bond motifs is 20. The smallest absolute Gasteiger partial charge is 1.00 e. The molecule has 5 heterocycles. The predicted molar refractivity (Wildman–Crippen MR) is 163 cm³/mol. The van der Waals surface area contributed by atoms with E-state index in [1.165, 1.54) is 103 Å². The van der Waals surface area contributed by atoms with E-state index in [4.69, 9.17) is 10.6 Å². The summed E-state index contributed by atoms with van der Waals surface area (Å²) in [5.41, 5.74) is 0. The fraction of sp³-hybridized carbons (Fsp3) is 1.00. The van der Waals surface area contributed by atoms with E-state index in [0.717, 1.165) is 23.7 Å². The quantitative estimate of drug-likeness (QED) is 0.167. The van der Waals surface area contributed by atoms with Gasteiger partial charge in [0.1, 0.15) is 0 Å². The number of hydrogen-bond acceptors (Lipinski definition) is 6. The van der Waals surface area contributed by atoms with Gasteiger partial charge in [-0.1, -0.05) is 102 Å². The molecule has 43 heavy (non-hydrogen) atoms. The largest absolute Gasteiger partial charge is 4.00 e. The summed E-state index contributed by atoms with van der Waals surface area (Å²) in [6.07, 6.45) is 24.5. The van der Waals surface area contributed by atoms with Crippen molar-refractivity contribution >= 4 is 11.0 Å². The molecule has 0 aromatic carbocycles. The van der Waals surface area contributed by atoms with Gasteiger partial charge >= 0.3 is 11.0 Å². The monoisotopic (exact) mass is 648 g/mol. The number of nitrogens with one attached hydrogen (secondary N) is 6. The van der Waals surface area contributed by atoms with E-state index >= 15 is 0 Å². The fourth-order valence-corrected chi connectivity index (χ4v) is 11.7. The summed E-state index contributed by atoms with van der Waals surface area (Å²) in [4.78, 5) is 0. The number of nitrogens with zero attached hydrogens (tertiary/aromatic N) is 2. The Hall–Kier alpha value is 0.477. The van der Waals surface area contributed by atoms with Crippen LogP contribution in [0.1, 0.15) is 103 Å². The van der Waals surface area contributed by atoms with Gasteiger partial charge in [0.15, 0.2) is 0 Å². The summed E-state index contributed by atoms with van der Waals surface area (Å²) in [7, 11) is 0. The summed E-state index contributed by atoms with van der Waals surface area (Å²) >= 11 is 0. The normalized spacial score (nSPS) is 53.6. The van der Waals surface area contributed by atoms with Gasteiger partial charge in [0.25, 0.3) is 0 Å². The van der Waals surface area contributed by atoms with Crippen LogP contribution in [0.15, 0.2) is 0 Å². The SMILES string of the molecule is C1CCC2C3[N-]C(NC4[N-]C(NC5NC(NC6NC(N3)C3CCCCC63)C3CCCCC53)C3CCCCC43)C2C1.[Cl-].[Cl-].[Si+4]. The second kappa shape index (κ2) is 13.9. The average Bonchev–Trinajstić information content (AvgIpc) is 3.73. The predicted octanol–water partition coefficient (Wildman–Crippen LogP) is -2.20. The minimum atomic E-state index is 0. The van der Waals surface area contributed by atoms with Crippen LogP contribution in [0.25, 0.3) is 10.6 Å². The summed E-state index contributed by atoms with van der Waals surface area (Å²) in [6.45, 7) is 0. The van der Waals surface area contributed by atoms with Crippen molar-refractivity contribution in [1.29, 1.82) is 0 Å². The summed E-state index contributed by atoms with van der Waals surface area (Å²) in [6, 6.07) is 0. The van der Waals surface area contributed by atoms with Crippen molar-refractivity contribution in [3.05, 3.63) is 10.6 Å². The molecular weight excluding hydrogens is 595 g/mol. The van der Waals surface area contributed by atoms with E-state index in [0.29, 0.717) is 48.3 Å². The van der Waals surface area contributed by atoms with E-state index in [9.17, 15) is 0 Å². The molecule has 8 bridgehead atoms. The minimum Gasteiger partial charge on any atom is -1.00 e. The van der Waals surface area contributed by atoms with Crippen LogP contribution in [0.5, 0.6) is 0 Å². The van der Waals surface area contributed by atoms with Gasteiger partial charge in [0.05, 0.1) is 24.7 Å². The molecular formula is C32H54Cl2N8Si. The first kappa shape index (κ1) is 33.4. The van der Waals surface area contributed by atoms with E-state index in [2.05, 4.69) is 31.9 Å². The van der Waals surface area contributed by atoms with Gasteiger partial charge in [-0.3, -0.25) is 16.0 Å². The molecule has 4 aliphatic carbocycles. The van der Waals surface area contributed by atoms with Crippen molar-refractivity contribution in [3.63, 3.8) is 0 Å². The summed E-state index contributed by atoms with van der Waals surface area (Å²) in [5, 5.41) is 36.3. The summed E-state index contributed by atoms with van der Waals surface area (Å²) < 4.78 is 0. The molecule has 0 amide bonds. The number of hydrogen-bond donors (Lipinski definition) is 6. The Morgan fingerprint density at radius 2 is 0.535 bits per heavy atom. The molecule has 8 nitrogen and oxygen atoms in total. The van der Waals surface area contributed by atoms with Crippen LogP contribution in [-0.4, -0.2) is 60.3 Å². The first-order valence-corrected chi connectivity index (χ1v) is 17.8. The third-order valence-corrected chi connectivity index (χ3v) is 13.6. The molecule has 0 aromatic heterocycles. The van der Waals surface area contributed by atoms with E-state index in [-0.39, 0.29) is 60.4 Å². The molecule has 9 fully saturated rings. The average molecular weight is 650 g/mol. The Labute approximate surface area is 276 Å². The molecule has 16 atom stereocenters. The minimum absolute atomic E-state index is 0. The maximum absolute atomic E-state index is 5.60.